The van der Waals surface area contributed by atoms with E-state index in [1.807, 2.05) is 45.3 Å². The van der Waals surface area contributed by atoms with Crippen molar-refractivity contribution >= 4 is 111 Å². The van der Waals surface area contributed by atoms with Gasteiger partial charge in [0.15, 0.2) is 0 Å². The Morgan fingerprint density at radius 2 is 0.840 bits per heavy atom. The first-order valence-corrected chi connectivity index (χ1v) is 42.4. The van der Waals surface area contributed by atoms with Gasteiger partial charge < -0.3 is 0 Å². The summed E-state index contributed by atoms with van der Waals surface area (Å²) < 4.78 is 12.8. The Balaban J connectivity index is 0.915. The van der Waals surface area contributed by atoms with Crippen LogP contribution in [0.25, 0.3) is 83.4 Å². The van der Waals surface area contributed by atoms with Gasteiger partial charge in [0.2, 0.25) is 0 Å². The number of halogens is 1. The third kappa shape index (κ3) is 12.4. The Labute approximate surface area is 629 Å². The van der Waals surface area contributed by atoms with Crippen molar-refractivity contribution in [1.82, 2.24) is 8.75 Å². The molecule has 2 aliphatic rings. The van der Waals surface area contributed by atoms with E-state index in [-0.39, 0.29) is 8.84 Å². The summed E-state index contributed by atoms with van der Waals surface area (Å²) >= 11 is 11.9. The van der Waals surface area contributed by atoms with Crippen LogP contribution in [-0.2, 0) is 38.9 Å². The smallest absolute Gasteiger partial charge is 0.114 e. The number of hydrogen-bond donors (Lipinski definition) is 0. The van der Waals surface area contributed by atoms with Gasteiger partial charge in [-0.15, -0.1) is 45.3 Å². The highest BCUT2D eigenvalue weighted by Gasteiger charge is 2.54. The Kier molecular flexibility index (Phi) is 19.7. The molecule has 13 aromatic rings. The van der Waals surface area contributed by atoms with Crippen LogP contribution in [-0.4, -0.2) is 8.75 Å². The van der Waals surface area contributed by atoms with Crippen LogP contribution in [0.4, 0.5) is 0 Å². The number of rotatable bonds is 25. The van der Waals surface area contributed by atoms with E-state index < -0.39 is 10.8 Å². The van der Waals surface area contributed by atoms with Crippen LogP contribution in [0, 0.1) is 20.8 Å². The highest BCUT2D eigenvalue weighted by atomic mass is 127. The lowest BCUT2D eigenvalue weighted by molar-refractivity contribution is 0.583. The molecule has 0 amide bonds. The molecule has 0 radical (unpaired) electrons. The van der Waals surface area contributed by atoms with E-state index in [2.05, 4.69) is 269 Å². The largest absolute Gasteiger partial charge is 0.172 e. The van der Waals surface area contributed by atoms with E-state index in [0.717, 1.165) is 30.3 Å². The summed E-state index contributed by atoms with van der Waals surface area (Å²) in [7, 11) is 0. The molecule has 2 unspecified atom stereocenters. The molecule has 2 atom stereocenters. The molecule has 0 fully saturated rings. The van der Waals surface area contributed by atoms with Crippen LogP contribution in [0.5, 0.6) is 0 Å². The minimum atomic E-state index is -0.629. The fourth-order valence-corrected chi connectivity index (χ4v) is 22.9. The number of nitrogens with zero attached hydrogens (tertiary/aromatic N) is 2. The minimum absolute atomic E-state index is 0.0233. The molecule has 2 aliphatic carbocycles. The normalized spacial score (nSPS) is 15.8. The summed E-state index contributed by atoms with van der Waals surface area (Å²) in [6, 6.07) is 69.2. The third-order valence-corrected chi connectivity index (χ3v) is 28.5. The van der Waals surface area contributed by atoms with Crippen molar-refractivity contribution in [3.8, 4) is 52.2 Å². The lowest BCUT2D eigenvalue weighted by Gasteiger charge is -2.36. The molecule has 100 heavy (non-hydrogen) atoms. The zero-order valence-electron chi connectivity index (χ0n) is 60.5. The van der Waals surface area contributed by atoms with Gasteiger partial charge in [0.1, 0.15) is 11.0 Å². The molecule has 0 saturated carbocycles. The second-order valence-electron chi connectivity index (χ2n) is 30.7. The van der Waals surface area contributed by atoms with Crippen molar-refractivity contribution < 1.29 is 0 Å². The number of thiophene rings is 4. The predicted molar refractivity (Wildman–Crippen MR) is 448 cm³/mol. The quantitative estimate of drug-likeness (QED) is 0.0324. The van der Waals surface area contributed by atoms with Crippen molar-refractivity contribution in [3.63, 3.8) is 0 Å². The topological polar surface area (TPSA) is 25.8 Å². The van der Waals surface area contributed by atoms with Crippen LogP contribution >= 0.6 is 79.7 Å². The van der Waals surface area contributed by atoms with Gasteiger partial charge in [-0.1, -0.05) is 279 Å². The predicted octanol–water partition coefficient (Wildman–Crippen LogP) is 29.0. The molecule has 0 aliphatic heterocycles. The number of aryl methyl sites for hydroxylation is 6. The Bertz CT molecular complexity index is 5130. The SMILES string of the molecule is CCCCCCCCc1cc(-c2ccc(-c3cc(C)c(-c4ccc5c6c(sc5c4)-c4cc5c(cc4C6(c4ccc(C)cc4)c4ccc(CCCCCC)cc4)-c4sc6cc(C(C)(C)I)ccc6c4C5(c4ccc(C)cc4)c4ccc(CCCCCC)cc4)s3)c3nsnc23)sc1C(C)(C)C. The number of aromatic nitrogens is 2. The molecule has 0 saturated heterocycles. The Morgan fingerprint density at radius 3 is 1.33 bits per heavy atom. The first kappa shape index (κ1) is 69.4. The molecule has 0 N–H and O–H groups in total. The van der Waals surface area contributed by atoms with Crippen molar-refractivity contribution in [1.29, 1.82) is 0 Å². The van der Waals surface area contributed by atoms with Gasteiger partial charge in [0.25, 0.3) is 0 Å². The van der Waals surface area contributed by atoms with Crippen LogP contribution in [0.3, 0.4) is 0 Å². The van der Waals surface area contributed by atoms with Crippen molar-refractivity contribution in [2.75, 3.05) is 0 Å². The minimum Gasteiger partial charge on any atom is -0.172 e. The van der Waals surface area contributed by atoms with Gasteiger partial charge in [-0.2, -0.15) is 8.75 Å². The number of alkyl halides is 1. The van der Waals surface area contributed by atoms with Gasteiger partial charge in [0, 0.05) is 53.2 Å². The standard InChI is InChI=1S/C92H95IN2S5/c1-12-15-18-21-22-25-28-63-53-79(99-88(63)89(7,8)9)72-50-49-71(83-84(72)95-100-94-83)77-51-59(6)85(96-77)62-37-47-69-78(52-62)97-86-73-55-76-74(56-75(73)91(81(69)86,64-38-29-57(4)30-39-64)66-42-33-60(34-43-66)26-23-19-16-13-2)87-82(70-48-46-68(90(10,11)93)54-80(70)98-87)92(76,65-40-31-58(5)32-41-65)67-44-35-61(36-45-67)27-24-20-17-14-3/h29-56H,12-28H2,1-11H3. The molecule has 8 heteroatoms. The zero-order valence-corrected chi connectivity index (χ0v) is 66.7. The van der Waals surface area contributed by atoms with Crippen LogP contribution < -0.4 is 0 Å². The molecule has 0 bridgehead atoms. The Hall–Kier alpha value is -6.37. The van der Waals surface area contributed by atoms with Crippen molar-refractivity contribution in [2.24, 2.45) is 0 Å². The second kappa shape index (κ2) is 28.3. The maximum absolute atomic E-state index is 5.10. The molecule has 5 aromatic heterocycles. The van der Waals surface area contributed by atoms with E-state index in [1.165, 1.54) is 262 Å². The summed E-state index contributed by atoms with van der Waals surface area (Å²) in [5.41, 5.74) is 27.7. The van der Waals surface area contributed by atoms with Crippen molar-refractivity contribution in [3.05, 3.63) is 258 Å². The van der Waals surface area contributed by atoms with E-state index in [4.69, 9.17) is 8.75 Å². The molecular weight excluding hydrogens is 1420 g/mol. The first-order valence-electron chi connectivity index (χ1n) is 37.3. The molecule has 15 rings (SSSR count). The second-order valence-corrected chi connectivity index (χ2v) is 38.1. The van der Waals surface area contributed by atoms with E-state index in [0.29, 0.717) is 0 Å². The average molecular weight is 1520 g/mol. The van der Waals surface area contributed by atoms with E-state index in [1.54, 1.807) is 0 Å². The molecule has 5 heterocycles. The van der Waals surface area contributed by atoms with E-state index in [9.17, 15) is 0 Å². The summed E-state index contributed by atoms with van der Waals surface area (Å²) in [5.74, 6) is 0. The first-order chi connectivity index (χ1) is 48.4. The maximum atomic E-state index is 5.10. The highest BCUT2D eigenvalue weighted by Crippen LogP contribution is 2.67. The van der Waals surface area contributed by atoms with Crippen LogP contribution in [0.15, 0.2) is 170 Å². The lowest BCUT2D eigenvalue weighted by atomic mass is 9.65. The Morgan fingerprint density at radius 1 is 0.400 bits per heavy atom. The average Bonchev–Trinajstić information content (AvgIpc) is 1.49. The van der Waals surface area contributed by atoms with Crippen LogP contribution in [0.1, 0.15) is 234 Å². The third-order valence-electron chi connectivity index (χ3n) is 22.1. The molecular formula is C92H95IN2S5. The fourth-order valence-electron chi connectivity index (χ4n) is 16.8. The summed E-state index contributed by atoms with van der Waals surface area (Å²) in [6.07, 6.45) is 21.2. The van der Waals surface area contributed by atoms with Gasteiger partial charge in [-0.3, -0.25) is 0 Å². The summed E-state index contributed by atoms with van der Waals surface area (Å²) in [6.45, 7) is 25.5. The van der Waals surface area contributed by atoms with Gasteiger partial charge in [-0.25, -0.2) is 0 Å². The fraction of sp³-hybridized carbons (Fsp3) is 0.348. The summed E-state index contributed by atoms with van der Waals surface area (Å²) in [5, 5.41) is 2.69. The van der Waals surface area contributed by atoms with Crippen LogP contribution in [0.2, 0.25) is 0 Å². The highest BCUT2D eigenvalue weighted by molar-refractivity contribution is 14.1. The number of benzene rings is 8. The van der Waals surface area contributed by atoms with Gasteiger partial charge in [0.05, 0.1) is 22.6 Å². The monoisotopic (exact) mass is 1510 g/mol. The maximum Gasteiger partial charge on any atom is 0.114 e. The number of fused-ring (bicyclic) bond motifs is 11. The van der Waals surface area contributed by atoms with Crippen molar-refractivity contribution in [2.45, 2.75) is 205 Å². The molecule has 0 spiro atoms. The number of hydrogen-bond acceptors (Lipinski definition) is 7. The zero-order chi connectivity index (χ0) is 69.2. The summed E-state index contributed by atoms with van der Waals surface area (Å²) in [4.78, 5) is 8.12. The molecule has 510 valence electrons. The van der Waals surface area contributed by atoms with Gasteiger partial charge in [-0.05, 0) is 215 Å². The molecule has 8 aromatic carbocycles. The van der Waals surface area contributed by atoms with Gasteiger partial charge >= 0.3 is 0 Å². The number of unbranched alkanes of at least 4 members (excludes halogenated alkanes) is 11. The lowest BCUT2D eigenvalue weighted by Crippen LogP contribution is -2.30. The molecule has 2 nitrogen and oxygen atoms in total. The van der Waals surface area contributed by atoms with E-state index >= 15 is 0 Å².